The number of nitrogens with zero attached hydrogens (tertiary/aromatic N) is 2. The number of nitrogen functional groups attached to an aromatic ring is 1. The number of aromatic nitrogens is 1. The van der Waals surface area contributed by atoms with Crippen molar-refractivity contribution in [2.24, 2.45) is 5.73 Å². The Hall–Kier alpha value is -1.66. The van der Waals surface area contributed by atoms with Gasteiger partial charge in [0.15, 0.2) is 0 Å². The molecule has 0 aromatic carbocycles. The summed E-state index contributed by atoms with van der Waals surface area (Å²) >= 11 is 0. The van der Waals surface area contributed by atoms with Gasteiger partial charge in [-0.2, -0.15) is 0 Å². The van der Waals surface area contributed by atoms with Gasteiger partial charge in [0, 0.05) is 24.8 Å². The number of nitrogens with two attached hydrogens (primary N) is 1. The van der Waals surface area contributed by atoms with Crippen LogP contribution in [0.25, 0.3) is 0 Å². The van der Waals surface area contributed by atoms with Gasteiger partial charge >= 0.3 is 0 Å². The second kappa shape index (κ2) is 6.49. The Morgan fingerprint density at radius 1 is 1.53 bits per heavy atom. The molecular formula is C13H20N4O2. The van der Waals surface area contributed by atoms with E-state index in [1.165, 1.54) is 0 Å². The molecule has 0 saturated carbocycles. The highest BCUT2D eigenvalue weighted by Crippen LogP contribution is 2.20. The minimum absolute atomic E-state index is 0.0600. The summed E-state index contributed by atoms with van der Waals surface area (Å²) in [6.07, 6.45) is 3.75. The molecule has 104 valence electrons. The van der Waals surface area contributed by atoms with Crippen molar-refractivity contribution in [1.29, 1.82) is 5.41 Å². The van der Waals surface area contributed by atoms with E-state index < -0.39 is 0 Å². The zero-order chi connectivity index (χ0) is 13.7. The number of hydrogen-bond donors (Lipinski definition) is 3. The highest BCUT2D eigenvalue weighted by Gasteiger charge is 2.20. The van der Waals surface area contributed by atoms with Crippen molar-refractivity contribution in [2.75, 3.05) is 31.2 Å². The van der Waals surface area contributed by atoms with E-state index in [0.717, 1.165) is 31.7 Å². The molecule has 0 spiro atoms. The third-order valence-corrected chi connectivity index (χ3v) is 3.27. The maximum absolute atomic E-state index is 8.73. The molecule has 1 aromatic heterocycles. The Kier molecular flexibility index (Phi) is 4.70. The predicted molar refractivity (Wildman–Crippen MR) is 73.5 cm³/mol. The number of rotatable bonds is 5. The molecule has 1 aromatic rings. The van der Waals surface area contributed by atoms with Crippen LogP contribution in [0.2, 0.25) is 0 Å². The number of pyridine rings is 1. The quantitative estimate of drug-likeness (QED) is 0.526. The molecule has 0 amide bonds. The molecule has 1 saturated heterocycles. The highest BCUT2D eigenvalue weighted by atomic mass is 16.5. The molecule has 2 rings (SSSR count). The fourth-order valence-electron chi connectivity index (χ4n) is 2.23. The van der Waals surface area contributed by atoms with E-state index in [1.807, 2.05) is 6.07 Å². The average Bonchev–Trinajstić information content (AvgIpc) is 2.46. The second-order valence-corrected chi connectivity index (χ2v) is 4.60. The molecule has 4 N–H and O–H groups in total. The van der Waals surface area contributed by atoms with Crippen molar-refractivity contribution in [1.82, 2.24) is 4.98 Å². The smallest absolute Gasteiger partial charge is 0.129 e. The van der Waals surface area contributed by atoms with Crippen LogP contribution in [0, 0.1) is 5.41 Å². The van der Waals surface area contributed by atoms with Gasteiger partial charge in [0.1, 0.15) is 11.7 Å². The van der Waals surface area contributed by atoms with Crippen molar-refractivity contribution in [3.63, 3.8) is 0 Å². The first-order valence-electron chi connectivity index (χ1n) is 6.48. The van der Waals surface area contributed by atoms with Crippen LogP contribution in [0.15, 0.2) is 18.3 Å². The minimum atomic E-state index is 0.0600. The fourth-order valence-corrected chi connectivity index (χ4v) is 2.23. The third kappa shape index (κ3) is 3.65. The van der Waals surface area contributed by atoms with Gasteiger partial charge in [0.05, 0.1) is 19.3 Å². The first-order valence-corrected chi connectivity index (χ1v) is 6.48. The zero-order valence-corrected chi connectivity index (χ0v) is 10.9. The number of amidine groups is 1. The van der Waals surface area contributed by atoms with Gasteiger partial charge in [-0.15, -0.1) is 0 Å². The molecule has 0 aliphatic carbocycles. The summed E-state index contributed by atoms with van der Waals surface area (Å²) in [5.74, 6) is 0.915. The van der Waals surface area contributed by atoms with Crippen LogP contribution < -0.4 is 10.6 Å². The summed E-state index contributed by atoms with van der Waals surface area (Å²) < 4.78 is 5.53. The van der Waals surface area contributed by atoms with Crippen molar-refractivity contribution < 1.29 is 9.84 Å². The van der Waals surface area contributed by atoms with E-state index in [9.17, 15) is 0 Å². The van der Waals surface area contributed by atoms with E-state index in [1.54, 1.807) is 12.3 Å². The number of ether oxygens (including phenoxy) is 1. The molecular weight excluding hydrogens is 244 g/mol. The summed E-state index contributed by atoms with van der Waals surface area (Å²) in [5.41, 5.74) is 6.18. The van der Waals surface area contributed by atoms with E-state index in [-0.39, 0.29) is 18.5 Å². The summed E-state index contributed by atoms with van der Waals surface area (Å²) in [5, 5.41) is 16.2. The van der Waals surface area contributed by atoms with E-state index in [0.29, 0.717) is 12.2 Å². The maximum Gasteiger partial charge on any atom is 0.129 e. The standard InChI is InChI=1S/C13H20N4O2/c14-13(15)10-1-4-16-12(9-10)17-5-2-11(3-6-17)19-8-7-18/h1,4,9,11,18H,2-3,5-8H2,(H3,14,15). The van der Waals surface area contributed by atoms with Crippen molar-refractivity contribution in [3.05, 3.63) is 23.9 Å². The van der Waals surface area contributed by atoms with Crippen LogP contribution in [0.5, 0.6) is 0 Å². The topological polar surface area (TPSA) is 95.5 Å². The Bertz CT molecular complexity index is 430. The fraction of sp³-hybridized carbons (Fsp3) is 0.538. The number of piperidine rings is 1. The molecule has 6 heteroatoms. The summed E-state index contributed by atoms with van der Waals surface area (Å²) in [7, 11) is 0. The van der Waals surface area contributed by atoms with Gasteiger partial charge in [-0.1, -0.05) is 0 Å². The lowest BCUT2D eigenvalue weighted by molar-refractivity contribution is 0.0158. The molecule has 0 radical (unpaired) electrons. The van der Waals surface area contributed by atoms with Crippen molar-refractivity contribution in [3.8, 4) is 0 Å². The molecule has 0 atom stereocenters. The lowest BCUT2D eigenvalue weighted by Crippen LogP contribution is -2.38. The largest absolute Gasteiger partial charge is 0.394 e. The van der Waals surface area contributed by atoms with Gasteiger partial charge in [-0.05, 0) is 25.0 Å². The Labute approximate surface area is 112 Å². The second-order valence-electron chi connectivity index (χ2n) is 4.60. The van der Waals surface area contributed by atoms with E-state index in [2.05, 4.69) is 9.88 Å². The van der Waals surface area contributed by atoms with Gasteiger partial charge in [0.25, 0.3) is 0 Å². The van der Waals surface area contributed by atoms with Gasteiger partial charge in [-0.3, -0.25) is 5.41 Å². The SMILES string of the molecule is N=C(N)c1ccnc(N2CCC(OCCO)CC2)c1. The molecule has 1 aliphatic heterocycles. The van der Waals surface area contributed by atoms with E-state index >= 15 is 0 Å². The molecule has 0 unspecified atom stereocenters. The van der Waals surface area contributed by atoms with Crippen LogP contribution in [0.1, 0.15) is 18.4 Å². The van der Waals surface area contributed by atoms with Crippen LogP contribution >= 0.6 is 0 Å². The Morgan fingerprint density at radius 2 is 2.26 bits per heavy atom. The zero-order valence-electron chi connectivity index (χ0n) is 10.9. The van der Waals surface area contributed by atoms with Crippen LogP contribution in [-0.4, -0.2) is 48.3 Å². The Balaban J connectivity index is 1.94. The van der Waals surface area contributed by atoms with Crippen LogP contribution in [0.3, 0.4) is 0 Å². The number of anilines is 1. The predicted octanol–water partition coefficient (Wildman–Crippen LogP) is 0.343. The third-order valence-electron chi connectivity index (χ3n) is 3.27. The van der Waals surface area contributed by atoms with Gasteiger partial charge < -0.3 is 20.5 Å². The molecule has 2 heterocycles. The van der Waals surface area contributed by atoms with Crippen molar-refractivity contribution in [2.45, 2.75) is 18.9 Å². The Morgan fingerprint density at radius 3 is 2.89 bits per heavy atom. The maximum atomic E-state index is 8.73. The summed E-state index contributed by atoms with van der Waals surface area (Å²) in [4.78, 5) is 6.50. The molecule has 1 fully saturated rings. The average molecular weight is 264 g/mol. The number of hydrogen-bond acceptors (Lipinski definition) is 5. The van der Waals surface area contributed by atoms with Crippen LogP contribution in [0.4, 0.5) is 5.82 Å². The molecule has 19 heavy (non-hydrogen) atoms. The van der Waals surface area contributed by atoms with Gasteiger partial charge in [-0.25, -0.2) is 4.98 Å². The van der Waals surface area contributed by atoms with E-state index in [4.69, 9.17) is 21.0 Å². The van der Waals surface area contributed by atoms with Gasteiger partial charge in [0.2, 0.25) is 0 Å². The molecule has 0 bridgehead atoms. The number of nitrogens with one attached hydrogen (secondary N) is 1. The normalized spacial score (nSPS) is 16.6. The first kappa shape index (κ1) is 13.8. The molecule has 6 nitrogen and oxygen atoms in total. The first-order chi connectivity index (χ1) is 9.20. The van der Waals surface area contributed by atoms with Crippen molar-refractivity contribution >= 4 is 11.7 Å². The minimum Gasteiger partial charge on any atom is -0.394 e. The molecule has 1 aliphatic rings. The number of aliphatic hydroxyl groups is 1. The van der Waals surface area contributed by atoms with Crippen LogP contribution in [-0.2, 0) is 4.74 Å². The lowest BCUT2D eigenvalue weighted by Gasteiger charge is -2.32. The number of aliphatic hydroxyl groups excluding tert-OH is 1. The summed E-state index contributed by atoms with van der Waals surface area (Å²) in [6, 6.07) is 3.58. The lowest BCUT2D eigenvalue weighted by atomic mass is 10.1. The monoisotopic (exact) mass is 264 g/mol. The summed E-state index contributed by atoms with van der Waals surface area (Å²) in [6.45, 7) is 2.21. The highest BCUT2D eigenvalue weighted by molar-refractivity contribution is 5.95.